The van der Waals surface area contributed by atoms with Crippen LogP contribution in [0.5, 0.6) is 0 Å². The minimum absolute atomic E-state index is 0.0282. The zero-order valence-corrected chi connectivity index (χ0v) is 42.6. The van der Waals surface area contributed by atoms with Crippen molar-refractivity contribution in [3.63, 3.8) is 0 Å². The molecular weight excluding hydrogens is 1470 g/mol. The molecule has 0 radical (unpaired) electrons. The molecule has 0 saturated heterocycles. The SMILES string of the molecule is Fc1c[c-]c(-c2ccc(C(F)(F)F)cn2)c(F)c1.Fc1c[c-]c(-c2ccc(C(F)(F)F)cn2)c(F)c1.Fc1c[c-]c(-c2ccc(C(F)(F)F)cn2)c(F)c1.Fc1cnc(-c2[c-]cc(C(F)(F)F)cc2)c(F)c1.[Cl][Ir+2].[Cl][Ir+2]. The van der Waals surface area contributed by atoms with Crippen LogP contribution in [0.4, 0.5) is 87.8 Å². The molecule has 0 amide bonds. The molecule has 0 aliphatic rings. The fourth-order valence-electron chi connectivity index (χ4n) is 5.41. The number of aromatic nitrogens is 4. The summed E-state index contributed by atoms with van der Waals surface area (Å²) in [7, 11) is 9.28. The van der Waals surface area contributed by atoms with Gasteiger partial charge in [0.1, 0.15) is 11.6 Å². The summed E-state index contributed by atoms with van der Waals surface area (Å²) in [6.07, 6.45) is -15.4. The van der Waals surface area contributed by atoms with Crippen molar-refractivity contribution in [3.05, 3.63) is 215 Å². The number of benzene rings is 4. The van der Waals surface area contributed by atoms with Gasteiger partial charge in [0.25, 0.3) is 0 Å². The van der Waals surface area contributed by atoms with Gasteiger partial charge in [-0.05, 0) is 22.6 Å². The van der Waals surface area contributed by atoms with Gasteiger partial charge in [0, 0.05) is 65.3 Å². The number of halogens is 22. The number of rotatable bonds is 4. The number of alkyl halides is 12. The van der Waals surface area contributed by atoms with Gasteiger partial charge in [-0.1, -0.05) is 71.3 Å². The van der Waals surface area contributed by atoms with Crippen molar-refractivity contribution in [2.24, 2.45) is 0 Å². The fourth-order valence-corrected chi connectivity index (χ4v) is 5.41. The van der Waals surface area contributed by atoms with Crippen molar-refractivity contribution >= 4 is 19.2 Å². The first kappa shape index (κ1) is 64.2. The molecule has 0 aliphatic carbocycles. The summed E-state index contributed by atoms with van der Waals surface area (Å²) in [5, 5.41) is 0. The van der Waals surface area contributed by atoms with Crippen LogP contribution in [-0.4, -0.2) is 19.9 Å². The fraction of sp³-hybridized carbons (Fsp3) is 0.0833. The summed E-state index contributed by atoms with van der Waals surface area (Å²) < 4.78 is 251. The Hall–Kier alpha value is -6.04. The van der Waals surface area contributed by atoms with E-state index in [1.807, 2.05) is 0 Å². The van der Waals surface area contributed by atoms with Crippen molar-refractivity contribution in [3.8, 4) is 45.0 Å². The van der Waals surface area contributed by atoms with Gasteiger partial charge in [0.05, 0.1) is 22.9 Å². The van der Waals surface area contributed by atoms with Gasteiger partial charge >= 0.3 is 79.7 Å². The standard InChI is InChI=1S/4C12H5F5N.2ClH.2Ir/c3*13-8-2-3-9(10(14)5-8)11-4-1-7(6-18-11)12(15,16)17;13-9-5-10(14)11(18-6-9)7-1-3-8(4-2-7)12(15,16)17;;;;/h3*1-2,4-6H;1,3-6H;2*1H;;/q4*-1;;;2*+3/p-2. The van der Waals surface area contributed by atoms with E-state index in [2.05, 4.69) is 63.4 Å². The van der Waals surface area contributed by atoms with Crippen molar-refractivity contribution in [1.82, 2.24) is 19.9 Å². The van der Waals surface area contributed by atoms with Crippen molar-refractivity contribution in [2.75, 3.05) is 0 Å². The molecule has 0 fully saturated rings. The van der Waals surface area contributed by atoms with Crippen LogP contribution in [0.15, 0.2) is 122 Å². The van der Waals surface area contributed by atoms with Crippen molar-refractivity contribution in [1.29, 1.82) is 0 Å². The average Bonchev–Trinajstić information content (AvgIpc) is 3.35. The summed E-state index contributed by atoms with van der Waals surface area (Å²) in [6, 6.07) is 22.1. The van der Waals surface area contributed by atoms with Gasteiger partial charge in [-0.25, -0.2) is 8.78 Å². The molecule has 4 heterocycles. The third kappa shape index (κ3) is 19.2. The first-order valence-electron chi connectivity index (χ1n) is 19.4. The van der Waals surface area contributed by atoms with Crippen LogP contribution in [0.1, 0.15) is 22.3 Å². The first-order valence-corrected chi connectivity index (χ1v) is 25.3. The monoisotopic (exact) mass is 1490 g/mol. The second-order valence-electron chi connectivity index (χ2n) is 13.9. The molecule has 0 atom stereocenters. The maximum atomic E-state index is 13.3. The third-order valence-corrected chi connectivity index (χ3v) is 8.82. The molecule has 76 heavy (non-hydrogen) atoms. The topological polar surface area (TPSA) is 51.6 Å². The quantitative estimate of drug-likeness (QED) is 0.130. The third-order valence-electron chi connectivity index (χ3n) is 8.82. The van der Waals surface area contributed by atoms with E-state index in [1.165, 1.54) is 35.8 Å². The van der Waals surface area contributed by atoms with Crippen LogP contribution in [0, 0.1) is 70.8 Å². The number of hydrogen-bond donors (Lipinski definition) is 0. The molecular formula is C48H20Cl2F20Ir2N4. The molecule has 8 rings (SSSR count). The van der Waals surface area contributed by atoms with E-state index in [1.54, 1.807) is 0 Å². The van der Waals surface area contributed by atoms with Gasteiger partial charge in [-0.15, -0.1) is 66.2 Å². The minimum atomic E-state index is -4.50. The Morgan fingerprint density at radius 1 is 0.329 bits per heavy atom. The molecule has 0 bridgehead atoms. The Bertz CT molecular complexity index is 2690. The van der Waals surface area contributed by atoms with Crippen LogP contribution in [0.3, 0.4) is 0 Å². The number of hydrogen-bond acceptors (Lipinski definition) is 4. The molecule has 4 nitrogen and oxygen atoms in total. The van der Waals surface area contributed by atoms with Crippen LogP contribution >= 0.6 is 19.2 Å². The van der Waals surface area contributed by atoms with Crippen molar-refractivity contribution in [2.45, 2.75) is 24.7 Å². The zero-order chi connectivity index (χ0) is 57.3. The molecule has 0 aliphatic heterocycles. The molecule has 28 heteroatoms. The van der Waals surface area contributed by atoms with Crippen LogP contribution < -0.4 is 0 Å². The van der Waals surface area contributed by atoms with Gasteiger partial charge in [-0.2, -0.15) is 52.7 Å². The predicted molar refractivity (Wildman–Crippen MR) is 225 cm³/mol. The van der Waals surface area contributed by atoms with E-state index in [0.717, 1.165) is 72.9 Å². The second kappa shape index (κ2) is 28.4. The number of pyridine rings is 4. The molecule has 0 N–H and O–H groups in total. The van der Waals surface area contributed by atoms with Crippen molar-refractivity contribution < 1.29 is 124 Å². The van der Waals surface area contributed by atoms with Gasteiger partial charge in [0.15, 0.2) is 0 Å². The second-order valence-corrected chi connectivity index (χ2v) is 13.9. The average molecular weight is 1490 g/mol. The Kier molecular flexibility index (Phi) is 24.0. The summed E-state index contributed by atoms with van der Waals surface area (Å²) in [5.74, 6) is -7.05. The normalized spacial score (nSPS) is 11.2. The summed E-state index contributed by atoms with van der Waals surface area (Å²) in [4.78, 5) is 14.0. The van der Waals surface area contributed by atoms with Gasteiger partial charge in [0.2, 0.25) is 0 Å². The van der Waals surface area contributed by atoms with Crippen LogP contribution in [0.25, 0.3) is 45.0 Å². The summed E-state index contributed by atoms with van der Waals surface area (Å²) >= 11 is 2.94. The molecule has 4 aromatic carbocycles. The predicted octanol–water partition coefficient (Wildman–Crippen LogP) is 16.8. The Labute approximate surface area is 445 Å². The Balaban J connectivity index is 0.000000261. The molecule has 404 valence electrons. The molecule has 8 aromatic rings. The van der Waals surface area contributed by atoms with E-state index in [9.17, 15) is 87.8 Å². The van der Waals surface area contributed by atoms with E-state index in [0.29, 0.717) is 48.9 Å². The Morgan fingerprint density at radius 2 is 0.632 bits per heavy atom. The molecule has 0 unspecified atom stereocenters. The molecule has 0 spiro atoms. The van der Waals surface area contributed by atoms with Gasteiger partial charge in [-0.3, -0.25) is 31.3 Å². The van der Waals surface area contributed by atoms with Crippen LogP contribution in [0.2, 0.25) is 0 Å². The molecule has 0 saturated carbocycles. The van der Waals surface area contributed by atoms with E-state index in [-0.39, 0.29) is 45.0 Å². The summed E-state index contributed by atoms with van der Waals surface area (Å²) in [6.45, 7) is 0. The van der Waals surface area contributed by atoms with E-state index in [4.69, 9.17) is 0 Å². The van der Waals surface area contributed by atoms with Gasteiger partial charge < -0.3 is 15.0 Å². The molecule has 4 aromatic heterocycles. The van der Waals surface area contributed by atoms with E-state index < -0.39 is 93.5 Å². The zero-order valence-electron chi connectivity index (χ0n) is 36.3. The maximum absolute atomic E-state index is 13.3. The Morgan fingerprint density at radius 3 is 0.868 bits per heavy atom. The number of nitrogens with zero attached hydrogens (tertiary/aromatic N) is 4. The van der Waals surface area contributed by atoms with Crippen LogP contribution in [-0.2, 0) is 60.5 Å². The first-order chi connectivity index (χ1) is 35.5. The van der Waals surface area contributed by atoms with E-state index >= 15 is 0 Å². The summed E-state index contributed by atoms with van der Waals surface area (Å²) in [5.41, 5.74) is -4.57.